The molecular formula is C28H40N2O3. The quantitative estimate of drug-likeness (QED) is 0.464. The van der Waals surface area contributed by atoms with Crippen molar-refractivity contribution in [2.45, 2.75) is 84.8 Å². The first kappa shape index (κ1) is 26.4. The van der Waals surface area contributed by atoms with Crippen LogP contribution in [0, 0.1) is 0 Å². The van der Waals surface area contributed by atoms with Gasteiger partial charge in [0.2, 0.25) is 11.8 Å². The summed E-state index contributed by atoms with van der Waals surface area (Å²) in [4.78, 5) is 28.2. The molecule has 0 bridgehead atoms. The van der Waals surface area contributed by atoms with Gasteiger partial charge in [-0.25, -0.2) is 0 Å². The number of carbonyl (C=O) groups is 2. The van der Waals surface area contributed by atoms with Gasteiger partial charge in [0.15, 0.2) is 0 Å². The molecule has 0 aliphatic carbocycles. The van der Waals surface area contributed by atoms with Crippen LogP contribution in [0.1, 0.15) is 76.5 Å². The fourth-order valence-electron chi connectivity index (χ4n) is 3.79. The van der Waals surface area contributed by atoms with Gasteiger partial charge in [-0.2, -0.15) is 0 Å². The molecule has 180 valence electrons. The molecule has 2 aromatic carbocycles. The number of amides is 2. The zero-order valence-corrected chi connectivity index (χ0v) is 21.1. The van der Waals surface area contributed by atoms with Crippen molar-refractivity contribution in [3.63, 3.8) is 0 Å². The standard InChI is InChI=1S/C28H40N2O3/c1-7-21(5)29-28(32)26(8-2)30(19-23-10-9-11-25(18-23)33-6)27(31)17-14-22-12-15-24(16-13-22)20(3)4/h9-13,15-16,18,20-21,26H,7-8,14,17,19H2,1-6H3,(H,29,32)/t21-,26-/m0/s1. The average molecular weight is 453 g/mol. The van der Waals surface area contributed by atoms with Crippen LogP contribution in [0.4, 0.5) is 0 Å². The molecule has 0 fully saturated rings. The third kappa shape index (κ3) is 7.92. The molecule has 0 aliphatic rings. The number of hydrogen-bond acceptors (Lipinski definition) is 3. The van der Waals surface area contributed by atoms with Gasteiger partial charge in [0.25, 0.3) is 0 Å². The number of ether oxygens (including phenoxy) is 1. The molecule has 2 atom stereocenters. The topological polar surface area (TPSA) is 58.6 Å². The zero-order chi connectivity index (χ0) is 24.4. The normalized spacial score (nSPS) is 12.8. The van der Waals surface area contributed by atoms with Crippen LogP contribution in [0.3, 0.4) is 0 Å². The first-order valence-corrected chi connectivity index (χ1v) is 12.1. The van der Waals surface area contributed by atoms with Gasteiger partial charge >= 0.3 is 0 Å². The molecular weight excluding hydrogens is 412 g/mol. The lowest BCUT2D eigenvalue weighted by Crippen LogP contribution is -2.50. The Morgan fingerprint density at radius 1 is 0.970 bits per heavy atom. The van der Waals surface area contributed by atoms with Gasteiger partial charge in [-0.15, -0.1) is 0 Å². The van der Waals surface area contributed by atoms with Crippen LogP contribution in [0.25, 0.3) is 0 Å². The highest BCUT2D eigenvalue weighted by Gasteiger charge is 2.29. The van der Waals surface area contributed by atoms with Crippen LogP contribution in [-0.2, 0) is 22.6 Å². The molecule has 2 amide bonds. The molecule has 0 spiro atoms. The van der Waals surface area contributed by atoms with Gasteiger partial charge in [-0.1, -0.05) is 64.1 Å². The van der Waals surface area contributed by atoms with Crippen molar-refractivity contribution >= 4 is 11.8 Å². The molecule has 33 heavy (non-hydrogen) atoms. The van der Waals surface area contributed by atoms with E-state index in [9.17, 15) is 9.59 Å². The van der Waals surface area contributed by atoms with Gasteiger partial charge < -0.3 is 15.0 Å². The van der Waals surface area contributed by atoms with E-state index >= 15 is 0 Å². The van der Waals surface area contributed by atoms with E-state index in [4.69, 9.17) is 4.74 Å². The number of nitrogens with one attached hydrogen (secondary N) is 1. The van der Waals surface area contributed by atoms with E-state index in [1.807, 2.05) is 45.0 Å². The second kappa shape index (κ2) is 13.0. The predicted octanol–water partition coefficient (Wildman–Crippen LogP) is 5.47. The Kier molecular flexibility index (Phi) is 10.4. The number of hydrogen-bond donors (Lipinski definition) is 1. The van der Waals surface area contributed by atoms with Crippen LogP contribution in [0.5, 0.6) is 5.75 Å². The van der Waals surface area contributed by atoms with Crippen LogP contribution in [0.15, 0.2) is 48.5 Å². The van der Waals surface area contributed by atoms with Gasteiger partial charge in [-0.05, 0) is 60.9 Å². The fourth-order valence-corrected chi connectivity index (χ4v) is 3.79. The highest BCUT2D eigenvalue weighted by atomic mass is 16.5. The van der Waals surface area contributed by atoms with Gasteiger partial charge in [0.1, 0.15) is 11.8 Å². The number of rotatable bonds is 12. The van der Waals surface area contributed by atoms with E-state index < -0.39 is 6.04 Å². The molecule has 0 radical (unpaired) electrons. The summed E-state index contributed by atoms with van der Waals surface area (Å²) in [6, 6.07) is 15.7. The summed E-state index contributed by atoms with van der Waals surface area (Å²) in [7, 11) is 1.63. The molecule has 0 aliphatic heterocycles. The minimum absolute atomic E-state index is 0.0168. The maximum atomic E-state index is 13.4. The van der Waals surface area contributed by atoms with E-state index in [1.54, 1.807) is 12.0 Å². The summed E-state index contributed by atoms with van der Waals surface area (Å²) in [5, 5.41) is 3.06. The van der Waals surface area contributed by atoms with Crippen LogP contribution in [-0.4, -0.2) is 35.9 Å². The fraction of sp³-hybridized carbons (Fsp3) is 0.500. The number of aryl methyl sites for hydroxylation is 1. The molecule has 0 heterocycles. The van der Waals surface area contributed by atoms with E-state index in [2.05, 4.69) is 43.4 Å². The summed E-state index contributed by atoms with van der Waals surface area (Å²) in [6.07, 6.45) is 2.41. The Morgan fingerprint density at radius 3 is 2.24 bits per heavy atom. The van der Waals surface area contributed by atoms with Crippen LogP contribution < -0.4 is 10.1 Å². The summed E-state index contributed by atoms with van der Waals surface area (Å²) >= 11 is 0. The summed E-state index contributed by atoms with van der Waals surface area (Å²) in [6.45, 7) is 10.7. The number of carbonyl (C=O) groups excluding carboxylic acids is 2. The Balaban J connectivity index is 2.21. The zero-order valence-electron chi connectivity index (χ0n) is 21.1. The van der Waals surface area contributed by atoms with Crippen molar-refractivity contribution in [1.82, 2.24) is 10.2 Å². The molecule has 2 aromatic rings. The first-order chi connectivity index (χ1) is 15.8. The molecule has 1 N–H and O–H groups in total. The Hall–Kier alpha value is -2.82. The first-order valence-electron chi connectivity index (χ1n) is 12.1. The van der Waals surface area contributed by atoms with E-state index in [-0.39, 0.29) is 17.9 Å². The smallest absolute Gasteiger partial charge is 0.243 e. The summed E-state index contributed by atoms with van der Waals surface area (Å²) < 4.78 is 5.35. The van der Waals surface area contributed by atoms with Gasteiger partial charge in [-0.3, -0.25) is 9.59 Å². The second-order valence-electron chi connectivity index (χ2n) is 9.01. The van der Waals surface area contributed by atoms with Crippen molar-refractivity contribution < 1.29 is 14.3 Å². The molecule has 2 rings (SSSR count). The lowest BCUT2D eigenvalue weighted by atomic mass is 10.00. The summed E-state index contributed by atoms with van der Waals surface area (Å²) in [5.41, 5.74) is 3.36. The van der Waals surface area contributed by atoms with E-state index in [0.717, 1.165) is 23.3 Å². The van der Waals surface area contributed by atoms with Crippen molar-refractivity contribution in [3.8, 4) is 5.75 Å². The number of nitrogens with zero attached hydrogens (tertiary/aromatic N) is 1. The third-order valence-electron chi connectivity index (χ3n) is 6.15. The predicted molar refractivity (Wildman–Crippen MR) is 134 cm³/mol. The molecule has 5 nitrogen and oxygen atoms in total. The van der Waals surface area contributed by atoms with Crippen molar-refractivity contribution in [1.29, 1.82) is 0 Å². The van der Waals surface area contributed by atoms with Gasteiger partial charge in [0.05, 0.1) is 7.11 Å². The Morgan fingerprint density at radius 2 is 1.67 bits per heavy atom. The van der Waals surface area contributed by atoms with Crippen LogP contribution in [0.2, 0.25) is 0 Å². The SMILES string of the molecule is CC[C@H](C)NC(=O)[C@H](CC)N(Cc1cccc(OC)c1)C(=O)CCc1ccc(C(C)C)cc1. The monoisotopic (exact) mass is 452 g/mol. The molecule has 0 aromatic heterocycles. The minimum atomic E-state index is -0.513. The third-order valence-corrected chi connectivity index (χ3v) is 6.15. The lowest BCUT2D eigenvalue weighted by Gasteiger charge is -2.31. The Labute approximate surface area is 199 Å². The average Bonchev–Trinajstić information content (AvgIpc) is 2.82. The molecule has 0 saturated heterocycles. The second-order valence-corrected chi connectivity index (χ2v) is 9.01. The van der Waals surface area contributed by atoms with Gasteiger partial charge in [0, 0.05) is 19.0 Å². The van der Waals surface area contributed by atoms with Crippen molar-refractivity contribution in [2.75, 3.05) is 7.11 Å². The van der Waals surface area contributed by atoms with E-state index in [1.165, 1.54) is 5.56 Å². The highest BCUT2D eigenvalue weighted by Crippen LogP contribution is 2.20. The highest BCUT2D eigenvalue weighted by molar-refractivity contribution is 5.88. The maximum Gasteiger partial charge on any atom is 0.243 e. The molecule has 0 unspecified atom stereocenters. The number of methoxy groups -OCH3 is 1. The van der Waals surface area contributed by atoms with Crippen LogP contribution >= 0.6 is 0 Å². The molecule has 0 saturated carbocycles. The largest absolute Gasteiger partial charge is 0.497 e. The van der Waals surface area contributed by atoms with Crippen molar-refractivity contribution in [2.24, 2.45) is 0 Å². The molecule has 5 heteroatoms. The number of benzene rings is 2. The Bertz CT molecular complexity index is 892. The summed E-state index contributed by atoms with van der Waals surface area (Å²) in [5.74, 6) is 1.11. The lowest BCUT2D eigenvalue weighted by molar-refractivity contribution is -0.141. The maximum absolute atomic E-state index is 13.4. The minimum Gasteiger partial charge on any atom is -0.497 e. The van der Waals surface area contributed by atoms with E-state index in [0.29, 0.717) is 31.7 Å². The van der Waals surface area contributed by atoms with Crippen molar-refractivity contribution in [3.05, 3.63) is 65.2 Å².